The van der Waals surface area contributed by atoms with E-state index in [9.17, 15) is 27.9 Å². The smallest absolute Gasteiger partial charge is 0.256 e. The summed E-state index contributed by atoms with van der Waals surface area (Å²) in [7, 11) is 0. The lowest BCUT2D eigenvalue weighted by Gasteiger charge is -2.30. The van der Waals surface area contributed by atoms with E-state index in [2.05, 4.69) is 9.97 Å². The summed E-state index contributed by atoms with van der Waals surface area (Å²) >= 11 is 0. The van der Waals surface area contributed by atoms with E-state index in [1.807, 2.05) is 0 Å². The zero-order chi connectivity index (χ0) is 23.3. The second-order valence-electron chi connectivity index (χ2n) is 8.48. The number of nitrogens with zero attached hydrogens (tertiary/aromatic N) is 2. The van der Waals surface area contributed by atoms with Crippen LogP contribution in [0.15, 0.2) is 47.3 Å². The Balaban J connectivity index is 1.40. The molecule has 2 aliphatic rings. The quantitative estimate of drug-likeness (QED) is 0.634. The second-order valence-corrected chi connectivity index (χ2v) is 8.48. The van der Waals surface area contributed by atoms with E-state index < -0.39 is 40.2 Å². The molecular weight excluding hydrogens is 435 g/mol. The van der Waals surface area contributed by atoms with Crippen LogP contribution in [0.4, 0.5) is 13.2 Å². The minimum Gasteiger partial charge on any atom is -0.378 e. The first-order chi connectivity index (χ1) is 15.8. The van der Waals surface area contributed by atoms with Crippen molar-refractivity contribution in [3.05, 3.63) is 98.5 Å². The molecule has 6 nitrogen and oxygen atoms in total. The number of carbonyl (C=O) groups excluding carboxylic acids is 1. The highest BCUT2D eigenvalue weighted by Crippen LogP contribution is 2.52. The Morgan fingerprint density at radius 2 is 1.85 bits per heavy atom. The number of nitrogens with one attached hydrogen (secondary N) is 1. The molecule has 0 unspecified atom stereocenters. The van der Waals surface area contributed by atoms with Crippen molar-refractivity contribution in [3.63, 3.8) is 0 Å². The van der Waals surface area contributed by atoms with E-state index in [0.717, 1.165) is 30.5 Å². The maximum atomic E-state index is 14.0. The van der Waals surface area contributed by atoms with E-state index in [-0.39, 0.29) is 25.3 Å². The van der Waals surface area contributed by atoms with Crippen LogP contribution in [-0.4, -0.2) is 32.4 Å². The average molecular weight is 455 g/mol. The molecule has 9 heteroatoms. The Kier molecular flexibility index (Phi) is 5.08. The molecule has 5 rings (SSSR count). The van der Waals surface area contributed by atoms with Gasteiger partial charge in [0.05, 0.1) is 23.2 Å². The molecule has 0 radical (unpaired) electrons. The number of aromatic amines is 1. The number of hydrogen-bond donors (Lipinski definition) is 2. The largest absolute Gasteiger partial charge is 0.378 e. The fourth-order valence-corrected chi connectivity index (χ4v) is 4.43. The Morgan fingerprint density at radius 3 is 2.55 bits per heavy atom. The predicted octanol–water partition coefficient (Wildman–Crippen LogP) is 2.89. The number of hydrogen-bond acceptors (Lipinski definition) is 4. The van der Waals surface area contributed by atoms with Crippen LogP contribution in [0.2, 0.25) is 0 Å². The van der Waals surface area contributed by atoms with Gasteiger partial charge in [-0.25, -0.2) is 18.2 Å². The fraction of sp³-hybridized carbons (Fsp3) is 0.292. The fourth-order valence-electron chi connectivity index (χ4n) is 4.43. The van der Waals surface area contributed by atoms with Crippen molar-refractivity contribution in [2.45, 2.75) is 37.3 Å². The number of aliphatic hydroxyl groups is 1. The number of fused-ring (bicyclic) bond motifs is 1. The van der Waals surface area contributed by atoms with Gasteiger partial charge < -0.3 is 15.0 Å². The van der Waals surface area contributed by atoms with Crippen LogP contribution >= 0.6 is 0 Å². The molecule has 0 saturated heterocycles. The average Bonchev–Trinajstić information content (AvgIpc) is 3.62. The zero-order valence-electron chi connectivity index (χ0n) is 17.4. The first-order valence-corrected chi connectivity index (χ1v) is 10.6. The van der Waals surface area contributed by atoms with E-state index in [1.165, 1.54) is 23.1 Å². The van der Waals surface area contributed by atoms with Gasteiger partial charge in [0, 0.05) is 18.5 Å². The third-order valence-electron chi connectivity index (χ3n) is 6.49. The predicted molar refractivity (Wildman–Crippen MR) is 112 cm³/mol. The van der Waals surface area contributed by atoms with Crippen molar-refractivity contribution in [1.82, 2.24) is 14.9 Å². The monoisotopic (exact) mass is 455 g/mol. The van der Waals surface area contributed by atoms with Gasteiger partial charge >= 0.3 is 0 Å². The molecule has 170 valence electrons. The lowest BCUT2D eigenvalue weighted by Crippen LogP contribution is -2.42. The SMILES string of the molecule is O=C([C@@H](O)c1cccc(F)c1F)N1CCc2nc(C3(c4ccc(F)cc4)CC3)[nH]c(=O)c2C1. The minimum atomic E-state index is -1.89. The Labute approximate surface area is 186 Å². The number of halogens is 3. The van der Waals surface area contributed by atoms with E-state index in [0.29, 0.717) is 17.1 Å². The van der Waals surface area contributed by atoms with Gasteiger partial charge in [-0.2, -0.15) is 0 Å². The first-order valence-electron chi connectivity index (χ1n) is 10.6. The van der Waals surface area contributed by atoms with Crippen LogP contribution in [0.3, 0.4) is 0 Å². The molecule has 0 spiro atoms. The molecule has 33 heavy (non-hydrogen) atoms. The number of aliphatic hydroxyl groups excluding tert-OH is 1. The number of amides is 1. The van der Waals surface area contributed by atoms with Crippen molar-refractivity contribution in [3.8, 4) is 0 Å². The van der Waals surface area contributed by atoms with Gasteiger partial charge in [-0.3, -0.25) is 9.59 Å². The molecular formula is C24H20F3N3O3. The molecule has 1 atom stereocenters. The summed E-state index contributed by atoms with van der Waals surface area (Å²) in [5, 5.41) is 10.3. The van der Waals surface area contributed by atoms with Gasteiger partial charge in [0.2, 0.25) is 0 Å². The number of rotatable bonds is 4. The van der Waals surface area contributed by atoms with Gasteiger partial charge in [-0.05, 0) is 36.6 Å². The molecule has 1 amide bonds. The summed E-state index contributed by atoms with van der Waals surface area (Å²) < 4.78 is 40.8. The lowest BCUT2D eigenvalue weighted by atomic mass is 9.94. The second kappa shape index (κ2) is 7.84. The van der Waals surface area contributed by atoms with Crippen LogP contribution < -0.4 is 5.56 Å². The molecule has 3 aromatic rings. The highest BCUT2D eigenvalue weighted by Gasteiger charge is 2.48. The highest BCUT2D eigenvalue weighted by atomic mass is 19.2. The molecule has 0 bridgehead atoms. The molecule has 2 N–H and O–H groups in total. The van der Waals surface area contributed by atoms with Gasteiger partial charge in [-0.15, -0.1) is 0 Å². The highest BCUT2D eigenvalue weighted by molar-refractivity contribution is 5.82. The number of carbonyl (C=O) groups is 1. The van der Waals surface area contributed by atoms with Gasteiger partial charge in [0.25, 0.3) is 11.5 Å². The Bertz CT molecular complexity index is 1300. The van der Waals surface area contributed by atoms with Crippen LogP contribution in [0.25, 0.3) is 0 Å². The third-order valence-corrected chi connectivity index (χ3v) is 6.49. The molecule has 1 aliphatic carbocycles. The molecule has 2 aromatic carbocycles. The molecule has 1 aromatic heterocycles. The maximum Gasteiger partial charge on any atom is 0.256 e. The van der Waals surface area contributed by atoms with E-state index in [1.54, 1.807) is 12.1 Å². The van der Waals surface area contributed by atoms with Gasteiger partial charge in [0.15, 0.2) is 17.7 Å². The Morgan fingerprint density at radius 1 is 1.12 bits per heavy atom. The third kappa shape index (κ3) is 3.62. The summed E-state index contributed by atoms with van der Waals surface area (Å²) in [5.41, 5.74) is 0.410. The van der Waals surface area contributed by atoms with Crippen LogP contribution in [0, 0.1) is 17.5 Å². The summed E-state index contributed by atoms with van der Waals surface area (Å²) in [6.07, 6.45) is -0.0653. The molecule has 1 aliphatic heterocycles. The van der Waals surface area contributed by atoms with E-state index >= 15 is 0 Å². The number of aromatic nitrogens is 2. The standard InChI is InChI=1S/C24H20F3N3O3/c25-14-6-4-13(5-7-14)24(9-10-24)23-28-18-8-11-30(12-16(18)21(32)29-23)22(33)20(31)15-2-1-3-17(26)19(15)27/h1-7,20,31H,8-12H2,(H,28,29,32)/t20-/m0/s1. The van der Waals surface area contributed by atoms with Crippen molar-refractivity contribution in [2.24, 2.45) is 0 Å². The topological polar surface area (TPSA) is 86.3 Å². The van der Waals surface area contributed by atoms with Gasteiger partial charge in [-0.1, -0.05) is 24.3 Å². The first kappa shape index (κ1) is 21.4. The Hall–Kier alpha value is -3.46. The van der Waals surface area contributed by atoms with Crippen molar-refractivity contribution >= 4 is 5.91 Å². The summed E-state index contributed by atoms with van der Waals surface area (Å²) in [6.45, 7) is 0.0631. The van der Waals surface area contributed by atoms with Crippen molar-refractivity contribution in [2.75, 3.05) is 6.54 Å². The normalized spacial score (nSPS) is 17.4. The minimum absolute atomic E-state index is 0.103. The number of H-pyrrole nitrogens is 1. The maximum absolute atomic E-state index is 14.0. The van der Waals surface area contributed by atoms with E-state index in [4.69, 9.17) is 0 Å². The summed E-state index contributed by atoms with van der Waals surface area (Å²) in [5.74, 6) is -3.09. The number of benzene rings is 2. The lowest BCUT2D eigenvalue weighted by molar-refractivity contribution is -0.141. The van der Waals surface area contributed by atoms with Crippen LogP contribution in [-0.2, 0) is 23.2 Å². The van der Waals surface area contributed by atoms with Crippen molar-refractivity contribution < 1.29 is 23.1 Å². The van der Waals surface area contributed by atoms with Gasteiger partial charge in [0.1, 0.15) is 11.6 Å². The molecule has 1 saturated carbocycles. The molecule has 2 heterocycles. The van der Waals surface area contributed by atoms with Crippen LogP contribution in [0.5, 0.6) is 0 Å². The zero-order valence-corrected chi connectivity index (χ0v) is 17.4. The summed E-state index contributed by atoms with van der Waals surface area (Å²) in [6, 6.07) is 9.38. The molecule has 1 fully saturated rings. The summed E-state index contributed by atoms with van der Waals surface area (Å²) in [4.78, 5) is 34.4. The van der Waals surface area contributed by atoms with Crippen molar-refractivity contribution in [1.29, 1.82) is 0 Å². The van der Waals surface area contributed by atoms with Crippen LogP contribution in [0.1, 0.15) is 47.2 Å².